The molecule has 0 bridgehead atoms. The quantitative estimate of drug-likeness (QED) is 0.673. The van der Waals surface area contributed by atoms with Crippen molar-refractivity contribution in [1.82, 2.24) is 20.2 Å². The molecule has 0 saturated carbocycles. The lowest BCUT2D eigenvalue weighted by molar-refractivity contribution is 0.501. The van der Waals surface area contributed by atoms with Gasteiger partial charge >= 0.3 is 0 Å². The minimum atomic E-state index is -0.288. The highest BCUT2D eigenvalue weighted by molar-refractivity contribution is 5.80. The van der Waals surface area contributed by atoms with Crippen LogP contribution in [-0.2, 0) is 6.54 Å². The molecule has 23 heavy (non-hydrogen) atoms. The second kappa shape index (κ2) is 7.26. The number of hydrogen-bond acceptors (Lipinski definition) is 2. The minimum absolute atomic E-state index is 0.0858. The zero-order valence-corrected chi connectivity index (χ0v) is 14.1. The van der Waals surface area contributed by atoms with E-state index in [0.717, 1.165) is 18.1 Å². The van der Waals surface area contributed by atoms with Gasteiger partial charge in [0.2, 0.25) is 0 Å². The van der Waals surface area contributed by atoms with Gasteiger partial charge in [-0.3, -0.25) is 0 Å². The summed E-state index contributed by atoms with van der Waals surface area (Å²) >= 11 is 0. The smallest absolute Gasteiger partial charge is 0.191 e. The Morgan fingerprint density at radius 2 is 2.13 bits per heavy atom. The lowest BCUT2D eigenvalue weighted by atomic mass is 10.1. The summed E-state index contributed by atoms with van der Waals surface area (Å²) in [5, 5.41) is 6.50. The topological polar surface area (TPSA) is 54.2 Å². The molecule has 5 nitrogen and oxygen atoms in total. The fourth-order valence-corrected chi connectivity index (χ4v) is 2.09. The zero-order chi connectivity index (χ0) is 16.9. The molecule has 2 aromatic rings. The van der Waals surface area contributed by atoms with E-state index >= 15 is 0 Å². The van der Waals surface area contributed by atoms with Crippen LogP contribution in [0.5, 0.6) is 0 Å². The van der Waals surface area contributed by atoms with E-state index in [1.54, 1.807) is 29.4 Å². The molecule has 0 spiro atoms. The van der Waals surface area contributed by atoms with Crippen molar-refractivity contribution in [3.63, 3.8) is 0 Å². The molecule has 0 saturated heterocycles. The molecule has 1 aromatic heterocycles. The Labute approximate surface area is 136 Å². The summed E-state index contributed by atoms with van der Waals surface area (Å²) in [5.74, 6) is 0.434. The first-order chi connectivity index (χ1) is 10.9. The molecule has 0 unspecified atom stereocenters. The largest absolute Gasteiger partial charge is 0.357 e. The highest BCUT2D eigenvalue weighted by Crippen LogP contribution is 2.15. The Balaban J connectivity index is 2.13. The van der Waals surface area contributed by atoms with Crippen LogP contribution in [0, 0.1) is 5.82 Å². The monoisotopic (exact) mass is 317 g/mol. The Morgan fingerprint density at radius 3 is 2.70 bits per heavy atom. The Hall–Kier alpha value is -2.37. The summed E-state index contributed by atoms with van der Waals surface area (Å²) in [6.07, 6.45) is 4.91. The normalized spacial score (nSPS) is 12.3. The van der Waals surface area contributed by atoms with Gasteiger partial charge in [0.1, 0.15) is 5.82 Å². The molecule has 124 valence electrons. The minimum Gasteiger partial charge on any atom is -0.357 e. The van der Waals surface area contributed by atoms with E-state index in [1.807, 2.05) is 13.0 Å². The van der Waals surface area contributed by atoms with Crippen molar-refractivity contribution in [3.8, 4) is 5.69 Å². The van der Waals surface area contributed by atoms with Gasteiger partial charge in [0.05, 0.1) is 18.6 Å². The van der Waals surface area contributed by atoms with Gasteiger partial charge in [-0.2, -0.15) is 0 Å². The molecular weight excluding hydrogens is 293 g/mol. The van der Waals surface area contributed by atoms with Gasteiger partial charge in [0, 0.05) is 24.5 Å². The van der Waals surface area contributed by atoms with E-state index in [4.69, 9.17) is 0 Å². The van der Waals surface area contributed by atoms with Crippen molar-refractivity contribution in [1.29, 1.82) is 0 Å². The third-order valence-electron chi connectivity index (χ3n) is 3.05. The summed E-state index contributed by atoms with van der Waals surface area (Å²) in [5.41, 5.74) is 1.21. The van der Waals surface area contributed by atoms with Gasteiger partial charge in [-0.15, -0.1) is 0 Å². The lowest BCUT2D eigenvalue weighted by Gasteiger charge is -2.23. The number of aromatic nitrogens is 2. The average Bonchev–Trinajstić information content (AvgIpc) is 2.97. The number of guanidine groups is 1. The van der Waals surface area contributed by atoms with Crippen LogP contribution < -0.4 is 10.6 Å². The summed E-state index contributed by atoms with van der Waals surface area (Å²) in [4.78, 5) is 8.45. The molecule has 2 rings (SSSR count). The van der Waals surface area contributed by atoms with Crippen LogP contribution in [-0.4, -0.2) is 27.6 Å². The molecular formula is C17H24FN5. The molecule has 6 heteroatoms. The highest BCUT2D eigenvalue weighted by atomic mass is 19.1. The number of hydrogen-bond donors (Lipinski definition) is 2. The molecule has 0 aliphatic heterocycles. The number of halogens is 1. The maximum atomic E-state index is 14.2. The van der Waals surface area contributed by atoms with E-state index in [2.05, 4.69) is 41.4 Å². The maximum absolute atomic E-state index is 14.2. The van der Waals surface area contributed by atoms with Crippen molar-refractivity contribution in [2.24, 2.45) is 4.99 Å². The summed E-state index contributed by atoms with van der Waals surface area (Å²) < 4.78 is 15.9. The molecule has 2 N–H and O–H groups in total. The van der Waals surface area contributed by atoms with Gasteiger partial charge in [0.15, 0.2) is 5.96 Å². The first-order valence-corrected chi connectivity index (χ1v) is 7.72. The number of aliphatic imine (C=N–C) groups is 1. The highest BCUT2D eigenvalue weighted by Gasteiger charge is 2.11. The first-order valence-electron chi connectivity index (χ1n) is 7.72. The second-order valence-corrected chi connectivity index (χ2v) is 6.33. The number of imidazole rings is 1. The Bertz CT molecular complexity index is 656. The van der Waals surface area contributed by atoms with Crippen LogP contribution >= 0.6 is 0 Å². The van der Waals surface area contributed by atoms with Crippen molar-refractivity contribution in [2.45, 2.75) is 39.8 Å². The first kappa shape index (κ1) is 17.0. The Morgan fingerprint density at radius 1 is 1.35 bits per heavy atom. The van der Waals surface area contributed by atoms with Crippen LogP contribution in [0.1, 0.15) is 33.3 Å². The zero-order valence-electron chi connectivity index (χ0n) is 14.1. The molecule has 0 fully saturated rings. The van der Waals surface area contributed by atoms with Gasteiger partial charge in [-0.05, 0) is 45.4 Å². The van der Waals surface area contributed by atoms with Gasteiger partial charge in [0.25, 0.3) is 0 Å². The lowest BCUT2D eigenvalue weighted by Crippen LogP contribution is -2.47. The van der Waals surface area contributed by atoms with E-state index in [9.17, 15) is 4.39 Å². The number of nitrogens with one attached hydrogen (secondary N) is 2. The van der Waals surface area contributed by atoms with Crippen LogP contribution in [0.25, 0.3) is 5.69 Å². The molecule has 0 aliphatic rings. The fraction of sp³-hybridized carbons (Fsp3) is 0.412. The fourth-order valence-electron chi connectivity index (χ4n) is 2.09. The molecule has 1 aromatic carbocycles. The molecule has 0 radical (unpaired) electrons. The Kier molecular flexibility index (Phi) is 5.36. The van der Waals surface area contributed by atoms with Crippen molar-refractivity contribution in [2.75, 3.05) is 6.54 Å². The van der Waals surface area contributed by atoms with Crippen LogP contribution in [0.15, 0.2) is 41.9 Å². The van der Waals surface area contributed by atoms with E-state index in [-0.39, 0.29) is 11.4 Å². The summed E-state index contributed by atoms with van der Waals surface area (Å²) in [6, 6.07) is 5.13. The second-order valence-electron chi connectivity index (χ2n) is 6.33. The third-order valence-corrected chi connectivity index (χ3v) is 3.05. The number of nitrogens with zero attached hydrogens (tertiary/aromatic N) is 3. The summed E-state index contributed by atoms with van der Waals surface area (Å²) in [7, 11) is 0. The summed E-state index contributed by atoms with van der Waals surface area (Å²) in [6.45, 7) is 9.40. The van der Waals surface area contributed by atoms with E-state index < -0.39 is 0 Å². The average molecular weight is 317 g/mol. The SMILES string of the molecule is CCNC(=NCc1ccc(-n2ccnc2)c(F)c1)NC(C)(C)C. The molecule has 1 heterocycles. The van der Waals surface area contributed by atoms with Gasteiger partial charge in [-0.25, -0.2) is 14.4 Å². The van der Waals surface area contributed by atoms with Crippen molar-refractivity contribution < 1.29 is 4.39 Å². The number of benzene rings is 1. The van der Waals surface area contributed by atoms with Gasteiger partial charge < -0.3 is 15.2 Å². The van der Waals surface area contributed by atoms with Crippen LogP contribution in [0.4, 0.5) is 4.39 Å². The molecule has 0 amide bonds. The maximum Gasteiger partial charge on any atom is 0.191 e. The van der Waals surface area contributed by atoms with Gasteiger partial charge in [-0.1, -0.05) is 6.07 Å². The predicted octanol–water partition coefficient (Wildman–Crippen LogP) is 2.87. The molecule has 0 aliphatic carbocycles. The standard InChI is InChI=1S/C17H24FN5/c1-5-20-16(22-17(2,3)4)21-11-13-6-7-15(14(18)10-13)23-9-8-19-12-23/h6-10,12H,5,11H2,1-4H3,(H2,20,21,22). The third kappa shape index (κ3) is 5.09. The van der Waals surface area contributed by atoms with E-state index in [0.29, 0.717) is 12.2 Å². The predicted molar refractivity (Wildman–Crippen MR) is 91.2 cm³/mol. The van der Waals surface area contributed by atoms with Crippen molar-refractivity contribution in [3.05, 3.63) is 48.3 Å². The van der Waals surface area contributed by atoms with Crippen LogP contribution in [0.3, 0.4) is 0 Å². The van der Waals surface area contributed by atoms with Crippen molar-refractivity contribution >= 4 is 5.96 Å². The number of rotatable bonds is 4. The van der Waals surface area contributed by atoms with E-state index in [1.165, 1.54) is 6.07 Å². The molecule has 0 atom stereocenters. The van der Waals surface area contributed by atoms with Crippen LogP contribution in [0.2, 0.25) is 0 Å².